The SMILES string of the molecule is CC/C=C\CC(CCC)c1ccc(OCCC)cc1C. The summed E-state index contributed by atoms with van der Waals surface area (Å²) in [5.74, 6) is 1.65. The number of rotatable bonds is 9. The Bertz CT molecular complexity index is 406. The Balaban J connectivity index is 2.81. The molecule has 0 bridgehead atoms. The van der Waals surface area contributed by atoms with Crippen molar-refractivity contribution in [2.75, 3.05) is 6.61 Å². The van der Waals surface area contributed by atoms with Gasteiger partial charge in [-0.05, 0) is 61.8 Å². The van der Waals surface area contributed by atoms with E-state index in [9.17, 15) is 0 Å². The van der Waals surface area contributed by atoms with Gasteiger partial charge in [-0.2, -0.15) is 0 Å². The standard InChI is InChI=1S/C19H30O/c1-5-8-9-11-17(10-6-2)19-13-12-18(15-16(19)4)20-14-7-3/h8-9,12-13,15,17H,5-7,10-11,14H2,1-4H3/b9-8-. The number of ether oxygens (including phenoxy) is 1. The van der Waals surface area contributed by atoms with Gasteiger partial charge >= 0.3 is 0 Å². The van der Waals surface area contributed by atoms with E-state index in [1.54, 1.807) is 0 Å². The van der Waals surface area contributed by atoms with Crippen LogP contribution in [-0.2, 0) is 0 Å². The fourth-order valence-electron chi connectivity index (χ4n) is 2.59. The Hall–Kier alpha value is -1.24. The average Bonchev–Trinajstić information content (AvgIpc) is 2.45. The average molecular weight is 274 g/mol. The Morgan fingerprint density at radius 3 is 2.50 bits per heavy atom. The highest BCUT2D eigenvalue weighted by molar-refractivity contribution is 5.37. The van der Waals surface area contributed by atoms with Crippen LogP contribution in [0.3, 0.4) is 0 Å². The van der Waals surface area contributed by atoms with Crippen LogP contribution in [0, 0.1) is 6.92 Å². The van der Waals surface area contributed by atoms with Crippen LogP contribution < -0.4 is 4.74 Å². The molecule has 0 aliphatic rings. The van der Waals surface area contributed by atoms with Gasteiger partial charge in [-0.1, -0.05) is 45.4 Å². The number of allylic oxidation sites excluding steroid dienone is 2. The third kappa shape index (κ3) is 5.40. The Morgan fingerprint density at radius 1 is 1.10 bits per heavy atom. The van der Waals surface area contributed by atoms with Crippen molar-refractivity contribution < 1.29 is 4.74 Å². The normalized spacial score (nSPS) is 12.8. The van der Waals surface area contributed by atoms with Crippen molar-refractivity contribution in [1.82, 2.24) is 0 Å². The molecule has 0 heterocycles. The summed E-state index contributed by atoms with van der Waals surface area (Å²) in [7, 11) is 0. The summed E-state index contributed by atoms with van der Waals surface area (Å²) in [6.07, 6.45) is 10.4. The summed E-state index contributed by atoms with van der Waals surface area (Å²) in [6.45, 7) is 9.61. The second kappa shape index (κ2) is 9.63. The lowest BCUT2D eigenvalue weighted by molar-refractivity contribution is 0.317. The molecule has 0 aromatic heterocycles. The fraction of sp³-hybridized carbons (Fsp3) is 0.579. The molecule has 1 heteroatoms. The zero-order valence-corrected chi connectivity index (χ0v) is 13.6. The fourth-order valence-corrected chi connectivity index (χ4v) is 2.59. The molecule has 0 radical (unpaired) electrons. The maximum atomic E-state index is 5.72. The summed E-state index contributed by atoms with van der Waals surface area (Å²) >= 11 is 0. The van der Waals surface area contributed by atoms with Crippen LogP contribution >= 0.6 is 0 Å². The monoisotopic (exact) mass is 274 g/mol. The van der Waals surface area contributed by atoms with E-state index < -0.39 is 0 Å². The van der Waals surface area contributed by atoms with E-state index in [-0.39, 0.29) is 0 Å². The molecule has 0 aliphatic carbocycles. The molecule has 20 heavy (non-hydrogen) atoms. The van der Waals surface area contributed by atoms with Gasteiger partial charge in [-0.3, -0.25) is 0 Å². The van der Waals surface area contributed by atoms with Gasteiger partial charge in [0.2, 0.25) is 0 Å². The maximum Gasteiger partial charge on any atom is 0.119 e. The van der Waals surface area contributed by atoms with Gasteiger partial charge < -0.3 is 4.74 Å². The Kier molecular flexibility index (Phi) is 8.10. The van der Waals surface area contributed by atoms with Crippen molar-refractivity contribution in [2.45, 2.75) is 65.7 Å². The molecule has 1 aromatic carbocycles. The van der Waals surface area contributed by atoms with Crippen molar-refractivity contribution in [2.24, 2.45) is 0 Å². The maximum absolute atomic E-state index is 5.72. The second-order valence-electron chi connectivity index (χ2n) is 5.47. The Morgan fingerprint density at radius 2 is 1.90 bits per heavy atom. The molecule has 1 unspecified atom stereocenters. The highest BCUT2D eigenvalue weighted by Crippen LogP contribution is 2.30. The van der Waals surface area contributed by atoms with Crippen LogP contribution in [0.15, 0.2) is 30.4 Å². The van der Waals surface area contributed by atoms with E-state index in [1.807, 2.05) is 0 Å². The first-order valence-electron chi connectivity index (χ1n) is 8.11. The van der Waals surface area contributed by atoms with E-state index in [0.717, 1.165) is 31.6 Å². The Labute approximate surface area is 125 Å². The number of hydrogen-bond acceptors (Lipinski definition) is 1. The predicted octanol–water partition coefficient (Wildman–Crippen LogP) is 6.02. The molecule has 0 aliphatic heterocycles. The van der Waals surface area contributed by atoms with Crippen LogP contribution in [0.2, 0.25) is 0 Å². The first-order chi connectivity index (χ1) is 9.72. The van der Waals surface area contributed by atoms with Crippen LogP contribution in [0.4, 0.5) is 0 Å². The van der Waals surface area contributed by atoms with Crippen molar-refractivity contribution in [3.63, 3.8) is 0 Å². The van der Waals surface area contributed by atoms with Crippen molar-refractivity contribution in [3.8, 4) is 5.75 Å². The molecule has 0 spiro atoms. The zero-order valence-electron chi connectivity index (χ0n) is 13.6. The number of aryl methyl sites for hydroxylation is 1. The zero-order chi connectivity index (χ0) is 14.8. The quantitative estimate of drug-likeness (QED) is 0.500. The molecular formula is C19H30O. The molecule has 0 amide bonds. The summed E-state index contributed by atoms with van der Waals surface area (Å²) in [5, 5.41) is 0. The molecule has 112 valence electrons. The van der Waals surface area contributed by atoms with Crippen LogP contribution in [0.5, 0.6) is 5.75 Å². The highest BCUT2D eigenvalue weighted by Gasteiger charge is 2.12. The number of benzene rings is 1. The second-order valence-corrected chi connectivity index (χ2v) is 5.47. The van der Waals surface area contributed by atoms with E-state index in [0.29, 0.717) is 5.92 Å². The molecule has 0 N–H and O–H groups in total. The van der Waals surface area contributed by atoms with Crippen LogP contribution in [0.25, 0.3) is 0 Å². The molecule has 0 saturated heterocycles. The minimum Gasteiger partial charge on any atom is -0.494 e. The van der Waals surface area contributed by atoms with Gasteiger partial charge in [-0.15, -0.1) is 0 Å². The van der Waals surface area contributed by atoms with E-state index in [1.165, 1.54) is 24.0 Å². The lowest BCUT2D eigenvalue weighted by Crippen LogP contribution is -2.02. The van der Waals surface area contributed by atoms with Gasteiger partial charge in [0.25, 0.3) is 0 Å². The molecule has 1 rings (SSSR count). The molecule has 0 saturated carbocycles. The summed E-state index contributed by atoms with van der Waals surface area (Å²) in [4.78, 5) is 0. The van der Waals surface area contributed by atoms with Gasteiger partial charge in [0.05, 0.1) is 6.61 Å². The smallest absolute Gasteiger partial charge is 0.119 e. The summed E-state index contributed by atoms with van der Waals surface area (Å²) in [6, 6.07) is 6.59. The van der Waals surface area contributed by atoms with E-state index in [4.69, 9.17) is 4.74 Å². The first-order valence-corrected chi connectivity index (χ1v) is 8.11. The van der Waals surface area contributed by atoms with E-state index in [2.05, 4.69) is 58.0 Å². The van der Waals surface area contributed by atoms with Crippen LogP contribution in [-0.4, -0.2) is 6.61 Å². The molecule has 1 atom stereocenters. The van der Waals surface area contributed by atoms with Crippen LogP contribution in [0.1, 0.15) is 69.9 Å². The van der Waals surface area contributed by atoms with Gasteiger partial charge in [0.15, 0.2) is 0 Å². The van der Waals surface area contributed by atoms with Crippen molar-refractivity contribution in [3.05, 3.63) is 41.5 Å². The third-order valence-corrected chi connectivity index (χ3v) is 3.61. The third-order valence-electron chi connectivity index (χ3n) is 3.61. The topological polar surface area (TPSA) is 9.23 Å². The molecule has 1 aromatic rings. The minimum absolute atomic E-state index is 0.642. The lowest BCUT2D eigenvalue weighted by Gasteiger charge is -2.18. The number of hydrogen-bond donors (Lipinski definition) is 0. The van der Waals surface area contributed by atoms with E-state index >= 15 is 0 Å². The largest absolute Gasteiger partial charge is 0.494 e. The first kappa shape index (κ1) is 16.8. The highest BCUT2D eigenvalue weighted by atomic mass is 16.5. The summed E-state index contributed by atoms with van der Waals surface area (Å²) in [5.41, 5.74) is 2.85. The van der Waals surface area contributed by atoms with Gasteiger partial charge in [-0.25, -0.2) is 0 Å². The van der Waals surface area contributed by atoms with Gasteiger partial charge in [0, 0.05) is 0 Å². The molecule has 1 nitrogen and oxygen atoms in total. The van der Waals surface area contributed by atoms with Gasteiger partial charge in [0.1, 0.15) is 5.75 Å². The minimum atomic E-state index is 0.642. The molecule has 0 fully saturated rings. The van der Waals surface area contributed by atoms with Crippen molar-refractivity contribution in [1.29, 1.82) is 0 Å². The predicted molar refractivity (Wildman–Crippen MR) is 88.7 cm³/mol. The molecular weight excluding hydrogens is 244 g/mol. The lowest BCUT2D eigenvalue weighted by atomic mass is 9.88. The summed E-state index contributed by atoms with van der Waals surface area (Å²) < 4.78 is 5.72. The van der Waals surface area contributed by atoms with Crippen molar-refractivity contribution >= 4 is 0 Å².